The Kier molecular flexibility index (Phi) is 6.46. The summed E-state index contributed by atoms with van der Waals surface area (Å²) in [7, 11) is 0. The standard InChI is InChI=1S/C18H24BrNS/c1-13(2)10-20-11-15(8-17-9-16(19)12-21-17)18-7-5-4-6-14(18)3/h4-7,9,12-13,15,20H,8,10-11H2,1-3H3. The lowest BCUT2D eigenvalue weighted by Gasteiger charge is -2.20. The van der Waals surface area contributed by atoms with E-state index in [9.17, 15) is 0 Å². The smallest absolute Gasteiger partial charge is 0.0285 e. The van der Waals surface area contributed by atoms with Crippen LogP contribution in [0.3, 0.4) is 0 Å². The Morgan fingerprint density at radius 2 is 1.95 bits per heavy atom. The van der Waals surface area contributed by atoms with Gasteiger partial charge in [0, 0.05) is 27.2 Å². The Morgan fingerprint density at radius 1 is 1.19 bits per heavy atom. The van der Waals surface area contributed by atoms with Gasteiger partial charge in [-0.25, -0.2) is 0 Å². The molecule has 1 nitrogen and oxygen atoms in total. The Balaban J connectivity index is 2.12. The highest BCUT2D eigenvalue weighted by Gasteiger charge is 2.15. The first-order valence-electron chi connectivity index (χ1n) is 7.55. The average molecular weight is 366 g/mol. The van der Waals surface area contributed by atoms with E-state index in [0.717, 1.165) is 19.5 Å². The predicted octanol–water partition coefficient (Wildman–Crippen LogP) is 5.39. The number of rotatable bonds is 7. The Bertz CT molecular complexity index is 562. The van der Waals surface area contributed by atoms with E-state index in [1.807, 2.05) is 11.3 Å². The number of aryl methyl sites for hydroxylation is 1. The summed E-state index contributed by atoms with van der Waals surface area (Å²) in [4.78, 5) is 1.45. The molecule has 0 amide bonds. The van der Waals surface area contributed by atoms with Crippen LogP contribution in [0, 0.1) is 12.8 Å². The van der Waals surface area contributed by atoms with Gasteiger partial charge in [0.1, 0.15) is 0 Å². The van der Waals surface area contributed by atoms with Gasteiger partial charge in [-0.2, -0.15) is 0 Å². The molecule has 0 saturated carbocycles. The predicted molar refractivity (Wildman–Crippen MR) is 97.4 cm³/mol. The molecule has 0 aliphatic carbocycles. The van der Waals surface area contributed by atoms with Crippen LogP contribution in [-0.4, -0.2) is 13.1 Å². The molecule has 3 heteroatoms. The van der Waals surface area contributed by atoms with Gasteiger partial charge in [0.15, 0.2) is 0 Å². The van der Waals surface area contributed by atoms with E-state index in [1.54, 1.807) is 0 Å². The van der Waals surface area contributed by atoms with E-state index >= 15 is 0 Å². The highest BCUT2D eigenvalue weighted by molar-refractivity contribution is 9.10. The lowest BCUT2D eigenvalue weighted by molar-refractivity contribution is 0.514. The molecule has 0 bridgehead atoms. The monoisotopic (exact) mass is 365 g/mol. The number of nitrogens with one attached hydrogen (secondary N) is 1. The fourth-order valence-corrected chi connectivity index (χ4v) is 4.12. The van der Waals surface area contributed by atoms with E-state index in [0.29, 0.717) is 11.8 Å². The molecule has 1 unspecified atom stereocenters. The molecule has 21 heavy (non-hydrogen) atoms. The van der Waals surface area contributed by atoms with Crippen LogP contribution in [-0.2, 0) is 6.42 Å². The maximum absolute atomic E-state index is 3.63. The molecule has 0 aliphatic rings. The van der Waals surface area contributed by atoms with Crippen LogP contribution in [0.4, 0.5) is 0 Å². The normalized spacial score (nSPS) is 12.8. The van der Waals surface area contributed by atoms with Crippen molar-refractivity contribution in [2.75, 3.05) is 13.1 Å². The zero-order valence-corrected chi connectivity index (χ0v) is 15.4. The summed E-state index contributed by atoms with van der Waals surface area (Å²) < 4.78 is 1.20. The minimum Gasteiger partial charge on any atom is -0.316 e. The van der Waals surface area contributed by atoms with Gasteiger partial charge in [0.2, 0.25) is 0 Å². The molecule has 0 radical (unpaired) electrons. The van der Waals surface area contributed by atoms with E-state index in [1.165, 1.54) is 20.5 Å². The third kappa shape index (κ3) is 5.24. The van der Waals surface area contributed by atoms with Gasteiger partial charge < -0.3 is 5.32 Å². The molecule has 1 N–H and O–H groups in total. The number of hydrogen-bond donors (Lipinski definition) is 1. The Hall–Kier alpha value is -0.640. The SMILES string of the molecule is Cc1ccccc1C(CNCC(C)C)Cc1cc(Br)cs1. The minimum atomic E-state index is 0.538. The number of benzene rings is 1. The molecule has 114 valence electrons. The van der Waals surface area contributed by atoms with E-state index < -0.39 is 0 Å². The van der Waals surface area contributed by atoms with Crippen molar-refractivity contribution in [2.45, 2.75) is 33.1 Å². The maximum atomic E-state index is 3.63. The zero-order valence-electron chi connectivity index (χ0n) is 13.0. The van der Waals surface area contributed by atoms with E-state index in [2.05, 4.69) is 77.7 Å². The number of thiophene rings is 1. The summed E-state index contributed by atoms with van der Waals surface area (Å²) >= 11 is 5.40. The first-order chi connectivity index (χ1) is 10.1. The Labute approximate surface area is 140 Å². The van der Waals surface area contributed by atoms with Gasteiger partial charge in [-0.1, -0.05) is 38.1 Å². The van der Waals surface area contributed by atoms with Crippen LogP contribution in [0.2, 0.25) is 0 Å². The quantitative estimate of drug-likeness (QED) is 0.693. The fourth-order valence-electron chi connectivity index (χ4n) is 2.59. The van der Waals surface area contributed by atoms with Crippen LogP contribution in [0.25, 0.3) is 0 Å². The Morgan fingerprint density at radius 3 is 2.57 bits per heavy atom. The first kappa shape index (κ1) is 16.7. The summed E-state index contributed by atoms with van der Waals surface area (Å²) in [5.41, 5.74) is 2.86. The van der Waals surface area contributed by atoms with Gasteiger partial charge in [0.05, 0.1) is 0 Å². The van der Waals surface area contributed by atoms with E-state index in [4.69, 9.17) is 0 Å². The molecule has 1 aromatic carbocycles. The first-order valence-corrected chi connectivity index (χ1v) is 9.22. The molecule has 2 rings (SSSR count). The van der Waals surface area contributed by atoms with Crippen molar-refractivity contribution < 1.29 is 0 Å². The van der Waals surface area contributed by atoms with Crippen molar-refractivity contribution in [1.29, 1.82) is 0 Å². The second kappa shape index (κ2) is 8.11. The third-order valence-corrected chi connectivity index (χ3v) is 5.36. The van der Waals surface area contributed by atoms with Crippen LogP contribution in [0.5, 0.6) is 0 Å². The van der Waals surface area contributed by atoms with Gasteiger partial charge in [-0.05, 0) is 58.9 Å². The summed E-state index contributed by atoms with van der Waals surface area (Å²) in [5.74, 6) is 1.23. The molecule has 1 atom stereocenters. The molecule has 0 saturated heterocycles. The molecular weight excluding hydrogens is 342 g/mol. The lowest BCUT2D eigenvalue weighted by Crippen LogP contribution is -2.26. The van der Waals surface area contributed by atoms with Crippen LogP contribution < -0.4 is 5.32 Å². The van der Waals surface area contributed by atoms with Gasteiger partial charge in [-0.15, -0.1) is 11.3 Å². The zero-order chi connectivity index (χ0) is 15.2. The second-order valence-electron chi connectivity index (χ2n) is 6.04. The lowest BCUT2D eigenvalue weighted by atomic mass is 9.91. The largest absolute Gasteiger partial charge is 0.316 e. The summed E-state index contributed by atoms with van der Waals surface area (Å²) in [6.07, 6.45) is 1.10. The highest BCUT2D eigenvalue weighted by Crippen LogP contribution is 2.28. The topological polar surface area (TPSA) is 12.0 Å². The van der Waals surface area contributed by atoms with Crippen LogP contribution in [0.15, 0.2) is 40.2 Å². The summed E-state index contributed by atoms with van der Waals surface area (Å²) in [6, 6.07) is 11.0. The van der Waals surface area contributed by atoms with Gasteiger partial charge in [-0.3, -0.25) is 0 Å². The molecule has 0 aliphatic heterocycles. The van der Waals surface area contributed by atoms with Crippen molar-refractivity contribution in [3.63, 3.8) is 0 Å². The molecule has 0 spiro atoms. The van der Waals surface area contributed by atoms with Crippen molar-refractivity contribution in [1.82, 2.24) is 5.32 Å². The number of halogens is 1. The van der Waals surface area contributed by atoms with Crippen molar-refractivity contribution in [2.24, 2.45) is 5.92 Å². The second-order valence-corrected chi connectivity index (χ2v) is 7.95. The van der Waals surface area contributed by atoms with Gasteiger partial charge in [0.25, 0.3) is 0 Å². The average Bonchev–Trinajstić information content (AvgIpc) is 2.83. The maximum Gasteiger partial charge on any atom is 0.0285 e. The van der Waals surface area contributed by atoms with Crippen LogP contribution in [0.1, 0.15) is 35.8 Å². The molecular formula is C18H24BrNS. The van der Waals surface area contributed by atoms with Crippen molar-refractivity contribution in [3.05, 3.63) is 56.2 Å². The third-order valence-electron chi connectivity index (χ3n) is 3.64. The molecule has 1 aromatic heterocycles. The van der Waals surface area contributed by atoms with Gasteiger partial charge >= 0.3 is 0 Å². The molecule has 1 heterocycles. The highest BCUT2D eigenvalue weighted by atomic mass is 79.9. The van der Waals surface area contributed by atoms with Crippen molar-refractivity contribution >= 4 is 27.3 Å². The summed E-state index contributed by atoms with van der Waals surface area (Å²) in [5, 5.41) is 5.80. The molecule has 2 aromatic rings. The fraction of sp³-hybridized carbons (Fsp3) is 0.444. The van der Waals surface area contributed by atoms with Crippen molar-refractivity contribution in [3.8, 4) is 0 Å². The van der Waals surface area contributed by atoms with Crippen LogP contribution >= 0.6 is 27.3 Å². The number of hydrogen-bond acceptors (Lipinski definition) is 2. The van der Waals surface area contributed by atoms with E-state index in [-0.39, 0.29) is 0 Å². The summed E-state index contributed by atoms with van der Waals surface area (Å²) in [6.45, 7) is 8.85. The molecule has 0 fully saturated rings. The minimum absolute atomic E-state index is 0.538.